The molecule has 0 radical (unpaired) electrons. The van der Waals surface area contributed by atoms with Gasteiger partial charge in [-0.15, -0.1) is 5.10 Å². The zero-order valence-electron chi connectivity index (χ0n) is 13.4. The molecule has 1 heterocycles. The Morgan fingerprint density at radius 1 is 0.826 bits per heavy atom. The van der Waals surface area contributed by atoms with Crippen LogP contribution in [-0.4, -0.2) is 23.4 Å². The molecule has 0 bridgehead atoms. The van der Waals surface area contributed by atoms with Crippen LogP contribution >= 0.6 is 0 Å². The maximum Gasteiger partial charge on any atom is 0.203 e. The van der Waals surface area contributed by atoms with Crippen molar-refractivity contribution in [2.24, 2.45) is 0 Å². The highest BCUT2D eigenvalue weighted by atomic mass is 16.7. The molecule has 0 unspecified atom stereocenters. The molecule has 23 heavy (non-hydrogen) atoms. The molecule has 118 valence electrons. The van der Waals surface area contributed by atoms with Gasteiger partial charge in [-0.25, -0.2) is 0 Å². The third kappa shape index (κ3) is 3.23. The molecule has 0 amide bonds. The normalized spacial score (nSPS) is 11.3. The Bertz CT molecular complexity index is 769. The topological polar surface area (TPSA) is 44.2 Å². The van der Waals surface area contributed by atoms with E-state index in [9.17, 15) is 0 Å². The van der Waals surface area contributed by atoms with Gasteiger partial charge in [0.25, 0.3) is 0 Å². The van der Waals surface area contributed by atoms with Gasteiger partial charge in [0.05, 0.1) is 5.52 Å². The molecule has 4 nitrogen and oxygen atoms in total. The van der Waals surface area contributed by atoms with Crippen LogP contribution in [0.4, 0.5) is 0 Å². The summed E-state index contributed by atoms with van der Waals surface area (Å²) in [6, 6.07) is 18.2. The predicted molar refractivity (Wildman–Crippen MR) is 91.0 cm³/mol. The Labute approximate surface area is 136 Å². The van der Waals surface area contributed by atoms with Crippen LogP contribution in [0.5, 0.6) is 0 Å². The van der Waals surface area contributed by atoms with E-state index in [1.165, 1.54) is 0 Å². The number of aromatic nitrogens is 2. The third-order valence-electron chi connectivity index (χ3n) is 3.62. The second kappa shape index (κ2) is 7.31. The number of ether oxygens (including phenoxy) is 2. The molecule has 0 fully saturated rings. The summed E-state index contributed by atoms with van der Waals surface area (Å²) >= 11 is 0. The first-order valence-corrected chi connectivity index (χ1v) is 7.89. The van der Waals surface area contributed by atoms with Crippen molar-refractivity contribution >= 4 is 10.9 Å². The van der Waals surface area contributed by atoms with Crippen LogP contribution in [0.3, 0.4) is 0 Å². The van der Waals surface area contributed by atoms with Crippen molar-refractivity contribution in [3.63, 3.8) is 0 Å². The van der Waals surface area contributed by atoms with Gasteiger partial charge in [0.15, 0.2) is 0 Å². The first-order chi connectivity index (χ1) is 11.3. The van der Waals surface area contributed by atoms with Crippen LogP contribution in [0.2, 0.25) is 0 Å². The second-order valence-corrected chi connectivity index (χ2v) is 5.09. The van der Waals surface area contributed by atoms with Crippen molar-refractivity contribution in [1.82, 2.24) is 10.2 Å². The fourth-order valence-electron chi connectivity index (χ4n) is 2.65. The minimum Gasteiger partial charge on any atom is -0.347 e. The zero-order chi connectivity index (χ0) is 16.1. The van der Waals surface area contributed by atoms with E-state index >= 15 is 0 Å². The summed E-state index contributed by atoms with van der Waals surface area (Å²) in [4.78, 5) is 0. The molecule has 0 aliphatic heterocycles. The van der Waals surface area contributed by atoms with E-state index in [-0.39, 0.29) is 0 Å². The maximum absolute atomic E-state index is 5.75. The molecule has 0 spiro atoms. The van der Waals surface area contributed by atoms with Crippen molar-refractivity contribution in [3.8, 4) is 11.1 Å². The molecule has 2 aromatic carbocycles. The fraction of sp³-hybridized carbons (Fsp3) is 0.263. The van der Waals surface area contributed by atoms with Gasteiger partial charge in [-0.3, -0.25) is 0 Å². The molecular weight excluding hydrogens is 288 g/mol. The lowest BCUT2D eigenvalue weighted by molar-refractivity contribution is -0.142. The Morgan fingerprint density at radius 3 is 2.17 bits per heavy atom. The molecule has 3 aromatic rings. The largest absolute Gasteiger partial charge is 0.347 e. The lowest BCUT2D eigenvalue weighted by Crippen LogP contribution is -2.13. The average molecular weight is 308 g/mol. The monoisotopic (exact) mass is 308 g/mol. The van der Waals surface area contributed by atoms with E-state index < -0.39 is 6.29 Å². The molecule has 0 aliphatic carbocycles. The smallest absolute Gasteiger partial charge is 0.203 e. The lowest BCUT2D eigenvalue weighted by Gasteiger charge is -2.20. The van der Waals surface area contributed by atoms with E-state index in [1.54, 1.807) is 0 Å². The van der Waals surface area contributed by atoms with Gasteiger partial charge in [-0.05, 0) is 25.5 Å². The van der Waals surface area contributed by atoms with Gasteiger partial charge in [-0.2, -0.15) is 5.10 Å². The van der Waals surface area contributed by atoms with Crippen molar-refractivity contribution in [2.75, 3.05) is 13.2 Å². The van der Waals surface area contributed by atoms with E-state index in [0.717, 1.165) is 27.7 Å². The third-order valence-corrected chi connectivity index (χ3v) is 3.62. The summed E-state index contributed by atoms with van der Waals surface area (Å²) in [7, 11) is 0. The van der Waals surface area contributed by atoms with Crippen LogP contribution in [0, 0.1) is 0 Å². The van der Waals surface area contributed by atoms with Crippen LogP contribution in [-0.2, 0) is 9.47 Å². The summed E-state index contributed by atoms with van der Waals surface area (Å²) in [5, 5.41) is 9.81. The number of rotatable bonds is 6. The maximum atomic E-state index is 5.75. The SMILES string of the molecule is CCOC(OCC)c1nnc2ccccc2c1-c1ccccc1. The Morgan fingerprint density at radius 2 is 1.48 bits per heavy atom. The van der Waals surface area contributed by atoms with Crippen molar-refractivity contribution < 1.29 is 9.47 Å². The molecule has 1 aromatic heterocycles. The Hall–Kier alpha value is -2.30. The van der Waals surface area contributed by atoms with Crippen molar-refractivity contribution in [2.45, 2.75) is 20.1 Å². The summed E-state index contributed by atoms with van der Waals surface area (Å²) in [5.74, 6) is 0. The highest BCUT2D eigenvalue weighted by Crippen LogP contribution is 2.34. The van der Waals surface area contributed by atoms with E-state index in [4.69, 9.17) is 9.47 Å². The minimum atomic E-state index is -0.516. The first-order valence-electron chi connectivity index (χ1n) is 7.89. The molecule has 4 heteroatoms. The van der Waals surface area contributed by atoms with E-state index in [1.807, 2.05) is 50.2 Å². The molecule has 0 saturated heterocycles. The Kier molecular flexibility index (Phi) is 4.95. The molecule has 0 saturated carbocycles. The van der Waals surface area contributed by atoms with Crippen LogP contribution in [0.1, 0.15) is 25.8 Å². The standard InChI is InChI=1S/C19H20N2O2/c1-3-22-19(23-4-2)18-17(14-10-6-5-7-11-14)15-12-8-9-13-16(15)20-21-18/h5-13,19H,3-4H2,1-2H3. The summed E-state index contributed by atoms with van der Waals surface area (Å²) < 4.78 is 11.5. The van der Waals surface area contributed by atoms with Crippen LogP contribution in [0.15, 0.2) is 54.6 Å². The van der Waals surface area contributed by atoms with Gasteiger partial charge < -0.3 is 9.47 Å². The first kappa shape index (κ1) is 15.6. The predicted octanol–water partition coefficient (Wildman–Crippen LogP) is 4.37. The number of benzene rings is 2. The highest BCUT2D eigenvalue weighted by Gasteiger charge is 2.21. The summed E-state index contributed by atoms with van der Waals surface area (Å²) in [6.07, 6.45) is -0.516. The molecule has 3 rings (SSSR count). The molecule has 0 atom stereocenters. The molecular formula is C19H20N2O2. The number of fused-ring (bicyclic) bond motifs is 1. The van der Waals surface area contributed by atoms with Gasteiger partial charge in [-0.1, -0.05) is 48.5 Å². The quantitative estimate of drug-likeness (QED) is 0.634. The van der Waals surface area contributed by atoms with E-state index in [2.05, 4.69) is 28.4 Å². The number of nitrogens with zero attached hydrogens (tertiary/aromatic N) is 2. The summed E-state index contributed by atoms with van der Waals surface area (Å²) in [6.45, 7) is 4.99. The van der Waals surface area contributed by atoms with Gasteiger partial charge in [0, 0.05) is 24.2 Å². The molecule has 0 N–H and O–H groups in total. The van der Waals surface area contributed by atoms with Crippen LogP contribution < -0.4 is 0 Å². The van der Waals surface area contributed by atoms with Gasteiger partial charge >= 0.3 is 0 Å². The number of hydrogen-bond acceptors (Lipinski definition) is 4. The second-order valence-electron chi connectivity index (χ2n) is 5.09. The fourth-order valence-corrected chi connectivity index (χ4v) is 2.65. The Balaban J connectivity index is 2.24. The van der Waals surface area contributed by atoms with Gasteiger partial charge in [0.1, 0.15) is 5.69 Å². The minimum absolute atomic E-state index is 0.516. The summed E-state index contributed by atoms with van der Waals surface area (Å²) in [5.41, 5.74) is 3.68. The number of hydrogen-bond donors (Lipinski definition) is 0. The van der Waals surface area contributed by atoms with Gasteiger partial charge in [0.2, 0.25) is 6.29 Å². The lowest BCUT2D eigenvalue weighted by atomic mass is 9.99. The van der Waals surface area contributed by atoms with E-state index in [0.29, 0.717) is 13.2 Å². The van der Waals surface area contributed by atoms with Crippen LogP contribution in [0.25, 0.3) is 22.0 Å². The zero-order valence-corrected chi connectivity index (χ0v) is 13.4. The highest BCUT2D eigenvalue weighted by molar-refractivity contribution is 5.95. The van der Waals surface area contributed by atoms with Crippen molar-refractivity contribution in [3.05, 3.63) is 60.3 Å². The average Bonchev–Trinajstić information content (AvgIpc) is 2.61. The van der Waals surface area contributed by atoms with Crippen molar-refractivity contribution in [1.29, 1.82) is 0 Å². The molecule has 0 aliphatic rings.